The number of amides is 1. The molecule has 0 spiro atoms. The van der Waals surface area contributed by atoms with Gasteiger partial charge >= 0.3 is 0 Å². The van der Waals surface area contributed by atoms with E-state index in [1.807, 2.05) is 0 Å². The summed E-state index contributed by atoms with van der Waals surface area (Å²) in [5, 5.41) is 11.6. The highest BCUT2D eigenvalue weighted by Gasteiger charge is 2.21. The van der Waals surface area contributed by atoms with Crippen molar-refractivity contribution in [3.8, 4) is 11.8 Å². The van der Waals surface area contributed by atoms with Gasteiger partial charge in [-0.3, -0.25) is 4.79 Å². The SMILES string of the molecule is O=C(Nc1cc(C#CCCO)ccn1)C1CCCCS1. The fourth-order valence-corrected chi connectivity index (χ4v) is 3.15. The third-order valence-electron chi connectivity index (χ3n) is 2.95. The van der Waals surface area contributed by atoms with Crippen molar-refractivity contribution in [3.63, 3.8) is 0 Å². The first kappa shape index (κ1) is 14.9. The topological polar surface area (TPSA) is 62.2 Å². The van der Waals surface area contributed by atoms with Gasteiger partial charge in [-0.2, -0.15) is 0 Å². The van der Waals surface area contributed by atoms with E-state index in [2.05, 4.69) is 22.1 Å². The van der Waals surface area contributed by atoms with Gasteiger partial charge in [0.05, 0.1) is 11.9 Å². The Balaban J connectivity index is 1.97. The van der Waals surface area contributed by atoms with Crippen molar-refractivity contribution < 1.29 is 9.90 Å². The summed E-state index contributed by atoms with van der Waals surface area (Å²) >= 11 is 1.72. The number of thioether (sulfide) groups is 1. The van der Waals surface area contributed by atoms with E-state index in [0.29, 0.717) is 12.2 Å². The number of aliphatic hydroxyl groups excluding tert-OH is 1. The van der Waals surface area contributed by atoms with Crippen LogP contribution in [0.4, 0.5) is 5.82 Å². The second-order valence-electron chi connectivity index (χ2n) is 4.55. The van der Waals surface area contributed by atoms with Crippen molar-refractivity contribution >= 4 is 23.5 Å². The highest BCUT2D eigenvalue weighted by Crippen LogP contribution is 2.25. The summed E-state index contributed by atoms with van der Waals surface area (Å²) < 4.78 is 0. The molecular weight excluding hydrogens is 272 g/mol. The number of pyridine rings is 1. The van der Waals surface area contributed by atoms with Gasteiger partial charge in [-0.25, -0.2) is 4.98 Å². The zero-order valence-electron chi connectivity index (χ0n) is 11.3. The van der Waals surface area contributed by atoms with Crippen molar-refractivity contribution in [2.75, 3.05) is 17.7 Å². The van der Waals surface area contributed by atoms with Gasteiger partial charge in [0.15, 0.2) is 0 Å². The number of aromatic nitrogens is 1. The van der Waals surface area contributed by atoms with Gasteiger partial charge in [0.2, 0.25) is 5.91 Å². The lowest BCUT2D eigenvalue weighted by Gasteiger charge is -2.20. The summed E-state index contributed by atoms with van der Waals surface area (Å²) in [4.78, 5) is 16.2. The number of nitrogens with zero attached hydrogens (tertiary/aromatic N) is 1. The monoisotopic (exact) mass is 290 g/mol. The van der Waals surface area contributed by atoms with E-state index < -0.39 is 0 Å². The van der Waals surface area contributed by atoms with E-state index in [-0.39, 0.29) is 17.8 Å². The minimum Gasteiger partial charge on any atom is -0.395 e. The Hall–Kier alpha value is -1.51. The third kappa shape index (κ3) is 4.55. The Morgan fingerprint density at radius 2 is 2.45 bits per heavy atom. The first-order chi connectivity index (χ1) is 9.79. The Bertz CT molecular complexity index is 516. The smallest absolute Gasteiger partial charge is 0.238 e. The van der Waals surface area contributed by atoms with Crippen LogP contribution in [0, 0.1) is 11.8 Å². The molecule has 0 saturated carbocycles. The van der Waals surface area contributed by atoms with E-state index in [1.54, 1.807) is 30.1 Å². The zero-order chi connectivity index (χ0) is 14.2. The van der Waals surface area contributed by atoms with Crippen molar-refractivity contribution in [3.05, 3.63) is 23.9 Å². The molecule has 1 amide bonds. The molecule has 0 aromatic carbocycles. The molecule has 4 nitrogen and oxygen atoms in total. The average Bonchev–Trinajstić information content (AvgIpc) is 2.49. The van der Waals surface area contributed by atoms with Gasteiger partial charge < -0.3 is 10.4 Å². The van der Waals surface area contributed by atoms with Gasteiger partial charge in [0.25, 0.3) is 0 Å². The molecule has 1 aromatic heterocycles. The maximum atomic E-state index is 12.1. The molecular formula is C15H18N2O2S. The van der Waals surface area contributed by atoms with Crippen LogP contribution in [0.1, 0.15) is 31.2 Å². The van der Waals surface area contributed by atoms with Gasteiger partial charge in [-0.1, -0.05) is 18.3 Å². The number of rotatable bonds is 3. The summed E-state index contributed by atoms with van der Waals surface area (Å²) in [6.07, 6.45) is 5.33. The maximum absolute atomic E-state index is 12.1. The molecule has 1 fully saturated rings. The Morgan fingerprint density at radius 3 is 3.20 bits per heavy atom. The maximum Gasteiger partial charge on any atom is 0.238 e. The molecule has 1 aliphatic rings. The van der Waals surface area contributed by atoms with Crippen molar-refractivity contribution in [2.24, 2.45) is 0 Å². The van der Waals surface area contributed by atoms with Crippen LogP contribution < -0.4 is 5.32 Å². The van der Waals surface area contributed by atoms with Crippen LogP contribution in [0.15, 0.2) is 18.3 Å². The number of hydrogen-bond acceptors (Lipinski definition) is 4. The fraction of sp³-hybridized carbons (Fsp3) is 0.467. The van der Waals surface area contributed by atoms with E-state index >= 15 is 0 Å². The van der Waals surface area contributed by atoms with Crippen LogP contribution in [0.5, 0.6) is 0 Å². The Labute approximate surface area is 123 Å². The summed E-state index contributed by atoms with van der Waals surface area (Å²) in [6.45, 7) is 0.0561. The number of anilines is 1. The van der Waals surface area contributed by atoms with Crippen LogP contribution in [-0.2, 0) is 4.79 Å². The fourth-order valence-electron chi connectivity index (χ4n) is 1.95. The van der Waals surface area contributed by atoms with Gasteiger partial charge in [-0.05, 0) is 30.7 Å². The molecule has 1 unspecified atom stereocenters. The molecule has 0 bridgehead atoms. The van der Waals surface area contributed by atoms with Crippen LogP contribution >= 0.6 is 11.8 Å². The van der Waals surface area contributed by atoms with Crippen LogP contribution in [0.3, 0.4) is 0 Å². The van der Waals surface area contributed by atoms with Crippen LogP contribution in [0.25, 0.3) is 0 Å². The summed E-state index contributed by atoms with van der Waals surface area (Å²) in [7, 11) is 0. The lowest BCUT2D eigenvalue weighted by molar-refractivity contribution is -0.115. The molecule has 2 heterocycles. The predicted octanol–water partition coefficient (Wildman–Crippen LogP) is 2.04. The lowest BCUT2D eigenvalue weighted by Crippen LogP contribution is -2.27. The number of hydrogen-bond donors (Lipinski definition) is 2. The molecule has 0 aliphatic carbocycles. The van der Waals surface area contributed by atoms with Gasteiger partial charge in [0.1, 0.15) is 5.82 Å². The molecule has 1 aromatic rings. The molecule has 5 heteroatoms. The number of carbonyl (C=O) groups excluding carboxylic acids is 1. The molecule has 2 N–H and O–H groups in total. The third-order valence-corrected chi connectivity index (χ3v) is 4.33. The molecule has 1 atom stereocenters. The van der Waals surface area contributed by atoms with E-state index in [9.17, 15) is 4.79 Å². The first-order valence-electron chi connectivity index (χ1n) is 6.78. The standard InChI is InChI=1S/C15H18N2O2S/c18-9-3-1-5-12-7-8-16-14(11-12)17-15(19)13-6-2-4-10-20-13/h7-8,11,13,18H,2-4,6,9-10H2,(H,16,17,19). The van der Waals surface area contributed by atoms with E-state index in [0.717, 1.165) is 24.2 Å². The Kier molecular flexibility index (Phi) is 5.90. The lowest BCUT2D eigenvalue weighted by atomic mass is 10.2. The molecule has 1 aliphatic heterocycles. The highest BCUT2D eigenvalue weighted by molar-refractivity contribution is 8.00. The second-order valence-corrected chi connectivity index (χ2v) is 5.86. The van der Waals surface area contributed by atoms with Crippen LogP contribution in [0.2, 0.25) is 0 Å². The summed E-state index contributed by atoms with van der Waals surface area (Å²) in [5.74, 6) is 7.41. The molecule has 0 radical (unpaired) electrons. The number of nitrogens with one attached hydrogen (secondary N) is 1. The molecule has 1 saturated heterocycles. The van der Waals surface area contributed by atoms with Crippen molar-refractivity contribution in [1.82, 2.24) is 4.98 Å². The molecule has 20 heavy (non-hydrogen) atoms. The van der Waals surface area contributed by atoms with Gasteiger partial charge in [-0.15, -0.1) is 11.8 Å². The van der Waals surface area contributed by atoms with E-state index in [4.69, 9.17) is 5.11 Å². The summed E-state index contributed by atoms with van der Waals surface area (Å²) in [5.41, 5.74) is 0.792. The zero-order valence-corrected chi connectivity index (χ0v) is 12.1. The van der Waals surface area contributed by atoms with E-state index in [1.165, 1.54) is 6.42 Å². The molecule has 106 valence electrons. The second kappa shape index (κ2) is 7.93. The quantitative estimate of drug-likeness (QED) is 0.836. The largest absolute Gasteiger partial charge is 0.395 e. The number of aliphatic hydroxyl groups is 1. The van der Waals surface area contributed by atoms with Crippen molar-refractivity contribution in [1.29, 1.82) is 0 Å². The normalized spacial score (nSPS) is 17.9. The minimum atomic E-state index is 0.0302. The first-order valence-corrected chi connectivity index (χ1v) is 7.83. The molecule has 2 rings (SSSR count). The predicted molar refractivity (Wildman–Crippen MR) is 81.5 cm³/mol. The van der Waals surface area contributed by atoms with Gasteiger partial charge in [0, 0.05) is 18.2 Å². The number of carbonyl (C=O) groups is 1. The Morgan fingerprint density at radius 1 is 1.55 bits per heavy atom. The highest BCUT2D eigenvalue weighted by atomic mass is 32.2. The summed E-state index contributed by atoms with van der Waals surface area (Å²) in [6, 6.07) is 3.55. The minimum absolute atomic E-state index is 0.0302. The van der Waals surface area contributed by atoms with Crippen LogP contribution in [-0.4, -0.2) is 33.6 Å². The van der Waals surface area contributed by atoms with Crippen molar-refractivity contribution in [2.45, 2.75) is 30.9 Å². The average molecular weight is 290 g/mol.